The van der Waals surface area contributed by atoms with Crippen LogP contribution in [0.1, 0.15) is 57.1 Å². The minimum atomic E-state index is 0.404. The lowest BCUT2D eigenvalue weighted by atomic mass is 9.67. The van der Waals surface area contributed by atoms with Gasteiger partial charge in [-0.3, -0.25) is 0 Å². The Balaban J connectivity index is 2.28. The Bertz CT molecular complexity index is 362. The van der Waals surface area contributed by atoms with E-state index in [2.05, 4.69) is 43.4 Å². The molecule has 0 aromatic heterocycles. The summed E-state index contributed by atoms with van der Waals surface area (Å²) in [6.07, 6.45) is 7.97. The molecule has 2 rings (SSSR count). The lowest BCUT2D eigenvalue weighted by molar-refractivity contribution is 0.310. The number of unbranched alkanes of at least 4 members (excludes halogenated alkanes) is 1. The van der Waals surface area contributed by atoms with Crippen molar-refractivity contribution >= 4 is 0 Å². The number of aryl methyl sites for hydroxylation is 1. The highest BCUT2D eigenvalue weighted by atomic mass is 14.9. The molecule has 1 N–H and O–H groups in total. The lowest BCUT2D eigenvalue weighted by Gasteiger charge is -2.40. The maximum atomic E-state index is 3.61. The van der Waals surface area contributed by atoms with E-state index in [1.165, 1.54) is 38.5 Å². The van der Waals surface area contributed by atoms with Crippen molar-refractivity contribution in [1.82, 2.24) is 5.32 Å². The van der Waals surface area contributed by atoms with E-state index in [0.29, 0.717) is 5.41 Å². The van der Waals surface area contributed by atoms with Crippen LogP contribution in [0.15, 0.2) is 24.3 Å². The average Bonchev–Trinajstić information content (AvgIpc) is 2.43. The van der Waals surface area contributed by atoms with Gasteiger partial charge >= 0.3 is 0 Å². The maximum Gasteiger partial charge on any atom is 0.00806 e. The minimum Gasteiger partial charge on any atom is -0.316 e. The zero-order valence-electron chi connectivity index (χ0n) is 12.0. The molecule has 0 radical (unpaired) electrons. The van der Waals surface area contributed by atoms with E-state index in [0.717, 1.165) is 13.1 Å². The van der Waals surface area contributed by atoms with Gasteiger partial charge in [0.25, 0.3) is 0 Å². The molecule has 1 aliphatic carbocycles. The van der Waals surface area contributed by atoms with Crippen LogP contribution in [0.3, 0.4) is 0 Å². The van der Waals surface area contributed by atoms with Crippen molar-refractivity contribution in [3.63, 3.8) is 0 Å². The molecule has 0 fully saturated rings. The Labute approximate surface area is 112 Å². The third-order valence-electron chi connectivity index (χ3n) is 4.41. The van der Waals surface area contributed by atoms with Crippen LogP contribution in [0.25, 0.3) is 0 Å². The van der Waals surface area contributed by atoms with Crippen LogP contribution in [0.5, 0.6) is 0 Å². The molecule has 0 heterocycles. The topological polar surface area (TPSA) is 12.0 Å². The van der Waals surface area contributed by atoms with E-state index in [1.807, 2.05) is 0 Å². The van der Waals surface area contributed by atoms with Gasteiger partial charge in [0.1, 0.15) is 0 Å². The second-order valence-electron chi connectivity index (χ2n) is 5.67. The van der Waals surface area contributed by atoms with E-state index in [4.69, 9.17) is 0 Å². The molecule has 0 spiro atoms. The summed E-state index contributed by atoms with van der Waals surface area (Å²) >= 11 is 0. The predicted molar refractivity (Wildman–Crippen MR) is 79.1 cm³/mol. The van der Waals surface area contributed by atoms with Gasteiger partial charge in [0.05, 0.1) is 0 Å². The summed E-state index contributed by atoms with van der Waals surface area (Å²) in [5, 5.41) is 3.61. The number of likely N-dealkylation sites (N-methyl/N-ethyl adjacent to an activating group) is 1. The molecule has 1 aliphatic rings. The highest BCUT2D eigenvalue weighted by molar-refractivity contribution is 5.37. The van der Waals surface area contributed by atoms with Gasteiger partial charge in [-0.2, -0.15) is 0 Å². The number of fused-ring (bicyclic) bond motifs is 1. The summed E-state index contributed by atoms with van der Waals surface area (Å²) in [5.41, 5.74) is 3.63. The molecule has 1 heteroatoms. The number of nitrogens with one attached hydrogen (secondary N) is 1. The van der Waals surface area contributed by atoms with Gasteiger partial charge in [-0.15, -0.1) is 0 Å². The minimum absolute atomic E-state index is 0.404. The highest BCUT2D eigenvalue weighted by Gasteiger charge is 2.35. The normalized spacial score (nSPS) is 22.8. The lowest BCUT2D eigenvalue weighted by Crippen LogP contribution is -2.41. The molecular formula is C17H27N. The first-order valence-electron chi connectivity index (χ1n) is 7.61. The number of rotatable bonds is 6. The fourth-order valence-corrected chi connectivity index (χ4v) is 3.42. The Kier molecular flexibility index (Phi) is 4.82. The fraction of sp³-hybridized carbons (Fsp3) is 0.647. The van der Waals surface area contributed by atoms with Crippen LogP contribution in [-0.2, 0) is 11.8 Å². The Morgan fingerprint density at radius 1 is 1.22 bits per heavy atom. The van der Waals surface area contributed by atoms with Gasteiger partial charge in [-0.05, 0) is 43.4 Å². The number of hydrogen-bond donors (Lipinski definition) is 1. The Hall–Kier alpha value is -0.820. The summed E-state index contributed by atoms with van der Waals surface area (Å²) in [4.78, 5) is 0. The van der Waals surface area contributed by atoms with E-state index >= 15 is 0 Å². The average molecular weight is 245 g/mol. The molecular weight excluding hydrogens is 218 g/mol. The standard InChI is InChI=1S/C17H27N/c1-3-5-12-17(14-18-4-2)13-8-10-15-9-6-7-11-16(15)17/h6-7,9,11,18H,3-5,8,10,12-14H2,1-2H3. The maximum absolute atomic E-state index is 3.61. The molecule has 0 amide bonds. The van der Waals surface area contributed by atoms with E-state index in [9.17, 15) is 0 Å². The third kappa shape index (κ3) is 2.77. The molecule has 0 saturated carbocycles. The molecule has 1 aromatic rings. The second-order valence-corrected chi connectivity index (χ2v) is 5.67. The van der Waals surface area contributed by atoms with Crippen LogP contribution >= 0.6 is 0 Å². The van der Waals surface area contributed by atoms with Crippen molar-refractivity contribution in [1.29, 1.82) is 0 Å². The SMILES string of the molecule is CCCCC1(CNCC)CCCc2ccccc21. The summed E-state index contributed by atoms with van der Waals surface area (Å²) < 4.78 is 0. The van der Waals surface area contributed by atoms with Crippen LogP contribution < -0.4 is 5.32 Å². The molecule has 1 aromatic carbocycles. The quantitative estimate of drug-likeness (QED) is 0.797. The van der Waals surface area contributed by atoms with E-state index in [-0.39, 0.29) is 0 Å². The number of benzene rings is 1. The first-order chi connectivity index (χ1) is 8.82. The fourth-order valence-electron chi connectivity index (χ4n) is 3.42. The summed E-state index contributed by atoms with van der Waals surface area (Å²) in [6, 6.07) is 9.13. The smallest absolute Gasteiger partial charge is 0.00806 e. The van der Waals surface area contributed by atoms with Crippen LogP contribution in [0, 0.1) is 0 Å². The van der Waals surface area contributed by atoms with Crippen molar-refractivity contribution in [3.8, 4) is 0 Å². The van der Waals surface area contributed by atoms with Gasteiger partial charge in [0, 0.05) is 12.0 Å². The van der Waals surface area contributed by atoms with Gasteiger partial charge in [0.2, 0.25) is 0 Å². The molecule has 0 aliphatic heterocycles. The van der Waals surface area contributed by atoms with Gasteiger partial charge in [-0.1, -0.05) is 51.0 Å². The van der Waals surface area contributed by atoms with Crippen LogP contribution in [0.2, 0.25) is 0 Å². The zero-order chi connectivity index (χ0) is 12.8. The first-order valence-corrected chi connectivity index (χ1v) is 7.61. The molecule has 1 atom stereocenters. The van der Waals surface area contributed by atoms with Crippen LogP contribution in [-0.4, -0.2) is 13.1 Å². The van der Waals surface area contributed by atoms with Crippen molar-refractivity contribution in [3.05, 3.63) is 35.4 Å². The van der Waals surface area contributed by atoms with Crippen molar-refractivity contribution in [2.75, 3.05) is 13.1 Å². The highest BCUT2D eigenvalue weighted by Crippen LogP contribution is 2.40. The molecule has 0 saturated heterocycles. The predicted octanol–water partition coefficient (Wildman–Crippen LogP) is 4.06. The van der Waals surface area contributed by atoms with Gasteiger partial charge in [0.15, 0.2) is 0 Å². The molecule has 1 unspecified atom stereocenters. The summed E-state index contributed by atoms with van der Waals surface area (Å²) in [5.74, 6) is 0. The zero-order valence-corrected chi connectivity index (χ0v) is 12.0. The second kappa shape index (κ2) is 6.38. The van der Waals surface area contributed by atoms with Crippen molar-refractivity contribution < 1.29 is 0 Å². The van der Waals surface area contributed by atoms with Crippen molar-refractivity contribution in [2.24, 2.45) is 0 Å². The van der Waals surface area contributed by atoms with Crippen LogP contribution in [0.4, 0.5) is 0 Å². The van der Waals surface area contributed by atoms with Crippen molar-refractivity contribution in [2.45, 2.75) is 57.8 Å². The number of hydrogen-bond acceptors (Lipinski definition) is 1. The Morgan fingerprint density at radius 3 is 2.83 bits per heavy atom. The van der Waals surface area contributed by atoms with E-state index < -0.39 is 0 Å². The first kappa shape index (κ1) is 13.6. The largest absolute Gasteiger partial charge is 0.316 e. The molecule has 18 heavy (non-hydrogen) atoms. The van der Waals surface area contributed by atoms with Gasteiger partial charge in [-0.25, -0.2) is 0 Å². The van der Waals surface area contributed by atoms with Gasteiger partial charge < -0.3 is 5.32 Å². The molecule has 1 nitrogen and oxygen atoms in total. The summed E-state index contributed by atoms with van der Waals surface area (Å²) in [6.45, 7) is 6.74. The van der Waals surface area contributed by atoms with E-state index in [1.54, 1.807) is 11.1 Å². The molecule has 100 valence electrons. The monoisotopic (exact) mass is 245 g/mol. The summed E-state index contributed by atoms with van der Waals surface area (Å²) in [7, 11) is 0. The molecule has 0 bridgehead atoms. The third-order valence-corrected chi connectivity index (χ3v) is 4.41. The Morgan fingerprint density at radius 2 is 2.06 bits per heavy atom.